The second-order valence-electron chi connectivity index (χ2n) is 6.90. The number of nitrogens with two attached hydrogens (primary N) is 1. The standard InChI is InChI=1S/C22H20N8O3/c1-14(11-15-7-4-3-5-8-15)13-24-26-22(31)18-19(16-9-6-10-17(12-16)32-2)30(29-25-18)21-20(23)27-33-28-21/h3-13H,1-2H3,(H2,23,27)(H,26,31)/b14-11-,24-13-. The first kappa shape index (κ1) is 21.4. The minimum atomic E-state index is -0.571. The number of nitrogen functional groups attached to an aromatic ring is 1. The van der Waals surface area contributed by atoms with Crippen molar-refractivity contribution in [2.45, 2.75) is 6.92 Å². The third kappa shape index (κ3) is 4.77. The molecule has 2 heterocycles. The van der Waals surface area contributed by atoms with E-state index in [0.29, 0.717) is 17.0 Å². The molecule has 4 aromatic rings. The molecule has 11 nitrogen and oxygen atoms in total. The predicted octanol–water partition coefficient (Wildman–Crippen LogP) is 2.73. The molecule has 0 saturated heterocycles. The van der Waals surface area contributed by atoms with Crippen molar-refractivity contribution in [1.29, 1.82) is 0 Å². The van der Waals surface area contributed by atoms with Gasteiger partial charge in [0.25, 0.3) is 5.91 Å². The summed E-state index contributed by atoms with van der Waals surface area (Å²) < 4.78 is 11.3. The van der Waals surface area contributed by atoms with Crippen molar-refractivity contribution in [3.05, 3.63) is 71.4 Å². The summed E-state index contributed by atoms with van der Waals surface area (Å²) in [6.45, 7) is 1.88. The zero-order valence-electron chi connectivity index (χ0n) is 17.8. The Bertz CT molecular complexity index is 1320. The average Bonchev–Trinajstić information content (AvgIpc) is 3.45. The number of hydrogen-bond donors (Lipinski definition) is 2. The number of nitrogens with one attached hydrogen (secondary N) is 1. The summed E-state index contributed by atoms with van der Waals surface area (Å²) in [6.07, 6.45) is 3.48. The van der Waals surface area contributed by atoms with Crippen molar-refractivity contribution in [2.75, 3.05) is 12.8 Å². The van der Waals surface area contributed by atoms with Crippen molar-refractivity contribution in [3.63, 3.8) is 0 Å². The molecular weight excluding hydrogens is 424 g/mol. The molecule has 2 aromatic heterocycles. The number of nitrogens with zero attached hydrogens (tertiary/aromatic N) is 6. The Kier molecular flexibility index (Phi) is 6.21. The summed E-state index contributed by atoms with van der Waals surface area (Å²) in [7, 11) is 1.54. The molecule has 0 radical (unpaired) electrons. The van der Waals surface area contributed by atoms with Gasteiger partial charge in [0.05, 0.1) is 13.3 Å². The van der Waals surface area contributed by atoms with E-state index in [4.69, 9.17) is 10.5 Å². The monoisotopic (exact) mass is 444 g/mol. The summed E-state index contributed by atoms with van der Waals surface area (Å²) in [5.41, 5.74) is 11.1. The number of amides is 1. The van der Waals surface area contributed by atoms with Crippen molar-refractivity contribution >= 4 is 24.0 Å². The van der Waals surface area contributed by atoms with Crippen LogP contribution >= 0.6 is 0 Å². The van der Waals surface area contributed by atoms with Crippen LogP contribution in [0.25, 0.3) is 23.2 Å². The molecule has 0 bridgehead atoms. The van der Waals surface area contributed by atoms with E-state index in [-0.39, 0.29) is 17.3 Å². The fraction of sp³-hybridized carbons (Fsp3) is 0.0909. The average molecular weight is 444 g/mol. The molecule has 1 amide bonds. The quantitative estimate of drug-likeness (QED) is 0.327. The molecule has 0 unspecified atom stereocenters. The van der Waals surface area contributed by atoms with E-state index in [1.54, 1.807) is 37.6 Å². The van der Waals surface area contributed by atoms with Crippen molar-refractivity contribution < 1.29 is 14.2 Å². The number of rotatable bonds is 7. The van der Waals surface area contributed by atoms with Crippen LogP contribution in [0.4, 0.5) is 5.82 Å². The summed E-state index contributed by atoms with van der Waals surface area (Å²) in [6, 6.07) is 16.8. The minimum absolute atomic E-state index is 0.00398. The highest BCUT2D eigenvalue weighted by atomic mass is 16.6. The van der Waals surface area contributed by atoms with Crippen molar-refractivity contribution in [1.82, 2.24) is 30.7 Å². The molecule has 0 saturated carbocycles. The first-order chi connectivity index (χ1) is 16.1. The van der Waals surface area contributed by atoms with Crippen molar-refractivity contribution in [2.24, 2.45) is 5.10 Å². The number of carbonyl (C=O) groups excluding carboxylic acids is 1. The van der Waals surface area contributed by atoms with Gasteiger partial charge in [-0.25, -0.2) is 10.1 Å². The van der Waals surface area contributed by atoms with E-state index in [2.05, 4.69) is 35.8 Å². The molecule has 0 aliphatic carbocycles. The van der Waals surface area contributed by atoms with E-state index in [1.165, 1.54) is 4.68 Å². The molecule has 3 N–H and O–H groups in total. The van der Waals surface area contributed by atoms with Gasteiger partial charge in [0, 0.05) is 5.56 Å². The number of ether oxygens (including phenoxy) is 1. The number of hydrogen-bond acceptors (Lipinski definition) is 9. The summed E-state index contributed by atoms with van der Waals surface area (Å²) >= 11 is 0. The molecular formula is C22H20N8O3. The van der Waals surface area contributed by atoms with Gasteiger partial charge in [-0.15, -0.1) is 5.10 Å². The molecule has 33 heavy (non-hydrogen) atoms. The van der Waals surface area contributed by atoms with Crippen LogP contribution in [0.2, 0.25) is 0 Å². The Morgan fingerprint density at radius 1 is 1.18 bits per heavy atom. The van der Waals surface area contributed by atoms with E-state index in [0.717, 1.165) is 11.1 Å². The molecule has 0 atom stereocenters. The van der Waals surface area contributed by atoms with E-state index in [1.807, 2.05) is 43.3 Å². The van der Waals surface area contributed by atoms with E-state index < -0.39 is 5.91 Å². The number of hydrazone groups is 1. The van der Waals surface area contributed by atoms with Crippen LogP contribution in [-0.2, 0) is 0 Å². The Morgan fingerprint density at radius 3 is 2.73 bits per heavy atom. The molecule has 0 aliphatic heterocycles. The second-order valence-corrected chi connectivity index (χ2v) is 6.90. The number of carbonyl (C=O) groups is 1. The molecule has 0 fully saturated rings. The SMILES string of the molecule is COc1cccc(-c2c(C(=O)N/N=C\C(C)=C/c3ccccc3)nnn2-c2nonc2N)c1. The zero-order chi connectivity index (χ0) is 23.2. The minimum Gasteiger partial charge on any atom is -0.497 e. The third-order valence-electron chi connectivity index (χ3n) is 4.55. The second kappa shape index (κ2) is 9.56. The van der Waals surface area contributed by atoms with Gasteiger partial charge in [0.15, 0.2) is 5.69 Å². The van der Waals surface area contributed by atoms with Crippen LogP contribution in [0.1, 0.15) is 23.0 Å². The van der Waals surface area contributed by atoms with Crippen LogP contribution in [0, 0.1) is 0 Å². The smallest absolute Gasteiger partial charge is 0.294 e. The highest BCUT2D eigenvalue weighted by Crippen LogP contribution is 2.28. The van der Waals surface area contributed by atoms with Crippen LogP contribution in [0.3, 0.4) is 0 Å². The summed E-state index contributed by atoms with van der Waals surface area (Å²) in [5.74, 6) is 0.107. The van der Waals surface area contributed by atoms with Gasteiger partial charge in [-0.2, -0.15) is 9.78 Å². The zero-order valence-corrected chi connectivity index (χ0v) is 17.8. The van der Waals surface area contributed by atoms with Gasteiger partial charge >= 0.3 is 0 Å². The Balaban J connectivity index is 1.64. The Labute approximate surface area is 188 Å². The predicted molar refractivity (Wildman–Crippen MR) is 122 cm³/mol. The van der Waals surface area contributed by atoms with Gasteiger partial charge in [-0.3, -0.25) is 4.79 Å². The van der Waals surface area contributed by atoms with Gasteiger partial charge in [0.2, 0.25) is 11.6 Å². The topological polar surface area (TPSA) is 146 Å². The van der Waals surface area contributed by atoms with Gasteiger partial charge in [-0.05, 0) is 40.5 Å². The normalized spacial score (nSPS) is 11.6. The van der Waals surface area contributed by atoms with E-state index >= 15 is 0 Å². The maximum Gasteiger partial charge on any atom is 0.294 e. The number of allylic oxidation sites excluding steroid dienone is 1. The van der Waals surface area contributed by atoms with Crippen molar-refractivity contribution in [3.8, 4) is 22.8 Å². The summed E-state index contributed by atoms with van der Waals surface area (Å²) in [5, 5.41) is 19.4. The molecule has 4 rings (SSSR count). The fourth-order valence-corrected chi connectivity index (χ4v) is 3.05. The number of aromatic nitrogens is 5. The molecule has 166 valence electrons. The highest BCUT2D eigenvalue weighted by Gasteiger charge is 2.25. The number of anilines is 1. The first-order valence-electron chi connectivity index (χ1n) is 9.82. The van der Waals surface area contributed by atoms with Gasteiger partial charge < -0.3 is 10.5 Å². The third-order valence-corrected chi connectivity index (χ3v) is 4.55. The molecule has 0 aliphatic rings. The largest absolute Gasteiger partial charge is 0.497 e. The van der Waals surface area contributed by atoms with Crippen LogP contribution in [0.5, 0.6) is 5.75 Å². The lowest BCUT2D eigenvalue weighted by atomic mass is 10.1. The van der Waals surface area contributed by atoms with Crippen LogP contribution in [-0.4, -0.2) is 44.5 Å². The maximum absolute atomic E-state index is 12.9. The van der Waals surface area contributed by atoms with Crippen LogP contribution < -0.4 is 15.9 Å². The number of methoxy groups -OCH3 is 1. The number of benzene rings is 2. The lowest BCUT2D eigenvalue weighted by Gasteiger charge is -2.07. The van der Waals surface area contributed by atoms with Gasteiger partial charge in [0.1, 0.15) is 11.4 Å². The Hall–Kier alpha value is -4.80. The lowest BCUT2D eigenvalue weighted by Crippen LogP contribution is -2.19. The maximum atomic E-state index is 12.9. The Morgan fingerprint density at radius 2 is 2.00 bits per heavy atom. The van der Waals surface area contributed by atoms with Crippen LogP contribution in [0.15, 0.2) is 69.9 Å². The molecule has 11 heteroatoms. The first-order valence-corrected chi connectivity index (χ1v) is 9.82. The van der Waals surface area contributed by atoms with E-state index in [9.17, 15) is 4.79 Å². The fourth-order valence-electron chi connectivity index (χ4n) is 3.05. The molecule has 2 aromatic carbocycles. The van der Waals surface area contributed by atoms with Gasteiger partial charge in [-0.1, -0.05) is 53.8 Å². The highest BCUT2D eigenvalue weighted by molar-refractivity contribution is 5.99. The summed E-state index contributed by atoms with van der Waals surface area (Å²) in [4.78, 5) is 12.9. The molecule has 0 spiro atoms. The lowest BCUT2D eigenvalue weighted by molar-refractivity contribution is 0.0950.